The van der Waals surface area contributed by atoms with Crippen molar-refractivity contribution in [2.75, 3.05) is 26.2 Å². The van der Waals surface area contributed by atoms with Crippen molar-refractivity contribution in [3.63, 3.8) is 0 Å². The van der Waals surface area contributed by atoms with Gasteiger partial charge in [-0.05, 0) is 86.5 Å². The highest BCUT2D eigenvalue weighted by Gasteiger charge is 2.24. The first-order valence-electron chi connectivity index (χ1n) is 15.0. The zero-order valence-corrected chi connectivity index (χ0v) is 23.3. The van der Waals surface area contributed by atoms with Crippen molar-refractivity contribution in [1.29, 1.82) is 0 Å². The van der Waals surface area contributed by atoms with Crippen LogP contribution in [-0.2, 0) is 6.54 Å². The van der Waals surface area contributed by atoms with Gasteiger partial charge in [-0.2, -0.15) is 0 Å². The van der Waals surface area contributed by atoms with E-state index < -0.39 is 0 Å². The van der Waals surface area contributed by atoms with Crippen LogP contribution in [0.2, 0.25) is 0 Å². The lowest BCUT2D eigenvalue weighted by atomic mass is 9.87. The highest BCUT2D eigenvalue weighted by atomic mass is 16.2. The smallest absolute Gasteiger partial charge is 0.275 e. The molecular weight excluding hydrogens is 496 g/mol. The largest absolute Gasteiger partial charge is 0.339 e. The molecule has 2 aromatic heterocycles. The number of amides is 1. The highest BCUT2D eigenvalue weighted by molar-refractivity contribution is 5.97. The number of fused-ring (bicyclic) bond motifs is 3. The van der Waals surface area contributed by atoms with Crippen LogP contribution in [0.4, 0.5) is 0 Å². The Bertz CT molecular complexity index is 1540. The van der Waals surface area contributed by atoms with Crippen molar-refractivity contribution in [1.82, 2.24) is 19.2 Å². The molecule has 2 aliphatic rings. The van der Waals surface area contributed by atoms with Gasteiger partial charge in [-0.15, -0.1) is 0 Å². The molecule has 0 spiro atoms. The molecule has 6 nitrogen and oxygen atoms in total. The summed E-state index contributed by atoms with van der Waals surface area (Å²) in [5, 5.41) is 3.46. The van der Waals surface area contributed by atoms with Gasteiger partial charge >= 0.3 is 0 Å². The first kappa shape index (κ1) is 26.6. The van der Waals surface area contributed by atoms with Gasteiger partial charge in [-0.25, -0.2) is 0 Å². The maximum Gasteiger partial charge on any atom is 0.275 e. The van der Waals surface area contributed by atoms with Crippen LogP contribution in [0.1, 0.15) is 60.9 Å². The zero-order chi connectivity index (χ0) is 27.3. The molecular formula is C34H40N4O2. The Balaban J connectivity index is 1.16. The Labute approximate surface area is 236 Å². The summed E-state index contributed by atoms with van der Waals surface area (Å²) in [5.41, 5.74) is 4.05. The molecule has 0 saturated carbocycles. The van der Waals surface area contributed by atoms with E-state index in [-0.39, 0.29) is 11.5 Å². The Morgan fingerprint density at radius 3 is 2.38 bits per heavy atom. The number of nitrogens with zero attached hydrogens (tertiary/aromatic N) is 3. The first-order chi connectivity index (χ1) is 19.7. The number of piperidine rings is 2. The van der Waals surface area contributed by atoms with Crippen molar-refractivity contribution in [2.24, 2.45) is 11.8 Å². The molecule has 208 valence electrons. The van der Waals surface area contributed by atoms with Gasteiger partial charge in [0.1, 0.15) is 5.52 Å². The summed E-state index contributed by atoms with van der Waals surface area (Å²) in [6, 6.07) is 19.7. The number of aromatic nitrogens is 2. The van der Waals surface area contributed by atoms with Crippen molar-refractivity contribution >= 4 is 28.5 Å². The quantitative estimate of drug-likeness (QED) is 0.301. The third kappa shape index (κ3) is 5.78. The van der Waals surface area contributed by atoms with Gasteiger partial charge in [0, 0.05) is 31.4 Å². The highest BCUT2D eigenvalue weighted by Crippen LogP contribution is 2.27. The molecule has 6 heteroatoms. The van der Waals surface area contributed by atoms with E-state index in [1.54, 1.807) is 4.57 Å². The molecule has 0 bridgehead atoms. The van der Waals surface area contributed by atoms with Gasteiger partial charge < -0.3 is 19.2 Å². The van der Waals surface area contributed by atoms with Crippen LogP contribution in [0.3, 0.4) is 0 Å². The van der Waals surface area contributed by atoms with E-state index in [0.717, 1.165) is 54.4 Å². The normalized spacial score (nSPS) is 17.4. The summed E-state index contributed by atoms with van der Waals surface area (Å²) in [4.78, 5) is 29.1. The van der Waals surface area contributed by atoms with Gasteiger partial charge in [0.25, 0.3) is 11.5 Å². The average molecular weight is 537 g/mol. The first-order valence-corrected chi connectivity index (χ1v) is 15.0. The van der Waals surface area contributed by atoms with E-state index in [4.69, 9.17) is 0 Å². The summed E-state index contributed by atoms with van der Waals surface area (Å²) < 4.78 is 3.72. The molecule has 40 heavy (non-hydrogen) atoms. The van der Waals surface area contributed by atoms with E-state index in [1.165, 1.54) is 45.2 Å². The Kier molecular flexibility index (Phi) is 8.14. The predicted molar refractivity (Wildman–Crippen MR) is 163 cm³/mol. The van der Waals surface area contributed by atoms with Gasteiger partial charge in [-0.1, -0.05) is 61.7 Å². The number of benzene rings is 2. The van der Waals surface area contributed by atoms with Gasteiger partial charge in [0.2, 0.25) is 0 Å². The lowest BCUT2D eigenvalue weighted by molar-refractivity contribution is 0.0685. The van der Waals surface area contributed by atoms with E-state index >= 15 is 0 Å². The number of allylic oxidation sites excluding steroid dienone is 1. The molecule has 0 aliphatic carbocycles. The molecule has 4 aromatic rings. The summed E-state index contributed by atoms with van der Waals surface area (Å²) in [6.45, 7) is 4.43. The van der Waals surface area contributed by atoms with Crippen molar-refractivity contribution in [3.8, 4) is 0 Å². The molecule has 2 saturated heterocycles. The van der Waals surface area contributed by atoms with E-state index in [2.05, 4.69) is 5.32 Å². The maximum absolute atomic E-state index is 13.6. The van der Waals surface area contributed by atoms with Crippen LogP contribution in [-0.4, -0.2) is 46.0 Å². The van der Waals surface area contributed by atoms with Crippen LogP contribution in [0.5, 0.6) is 0 Å². The molecule has 2 aliphatic heterocycles. The van der Waals surface area contributed by atoms with Crippen molar-refractivity contribution in [3.05, 3.63) is 94.4 Å². The number of hydrogen-bond acceptors (Lipinski definition) is 3. The van der Waals surface area contributed by atoms with Crippen molar-refractivity contribution < 1.29 is 4.79 Å². The zero-order valence-electron chi connectivity index (χ0n) is 23.3. The second kappa shape index (κ2) is 12.3. The number of carbonyl (C=O) groups excluding carboxylic acids is 1. The molecule has 4 heterocycles. The number of rotatable bonds is 8. The standard InChI is InChI=1S/C34H40N4O2/c39-33(36-23-17-28(18-24-36)10-4-9-27-15-19-35-20-16-27)29-13-14-30-32(25-29)38(34(40)31-12-6-21-37(30)31)22-5-11-26-7-2-1-3-8-26/h1-3,5-8,11-14,21,25,27-28,35H,4,9-10,15-20,22-24H2. The van der Waals surface area contributed by atoms with Crippen LogP contribution in [0.25, 0.3) is 22.6 Å². The fraction of sp³-hybridized carbons (Fsp3) is 0.412. The van der Waals surface area contributed by atoms with E-state index in [9.17, 15) is 9.59 Å². The molecule has 2 fully saturated rings. The number of likely N-dealkylation sites (tertiary alicyclic amines) is 1. The van der Waals surface area contributed by atoms with Gasteiger partial charge in [-0.3, -0.25) is 9.59 Å². The minimum atomic E-state index is -0.0508. The Morgan fingerprint density at radius 2 is 1.60 bits per heavy atom. The lowest BCUT2D eigenvalue weighted by Crippen LogP contribution is -2.38. The number of hydrogen-bond donors (Lipinski definition) is 1. The average Bonchev–Trinajstić information content (AvgIpc) is 3.50. The van der Waals surface area contributed by atoms with Crippen molar-refractivity contribution in [2.45, 2.75) is 51.5 Å². The molecule has 1 N–H and O–H groups in total. The SMILES string of the molecule is O=C(c1ccc2c(c1)n(CC=Cc1ccccc1)c(=O)c1cccn12)N1CCC(CCCC2CCNCC2)CC1. The Hall–Kier alpha value is -3.64. The monoisotopic (exact) mass is 536 g/mol. The van der Waals surface area contributed by atoms with Gasteiger partial charge in [0.05, 0.1) is 11.0 Å². The second-order valence-corrected chi connectivity index (χ2v) is 11.6. The van der Waals surface area contributed by atoms with E-state index in [0.29, 0.717) is 17.6 Å². The molecule has 0 radical (unpaired) electrons. The summed E-state index contributed by atoms with van der Waals surface area (Å²) in [5.74, 6) is 1.70. The molecule has 0 atom stereocenters. The summed E-state index contributed by atoms with van der Waals surface area (Å²) in [7, 11) is 0. The fourth-order valence-electron chi connectivity index (χ4n) is 6.60. The fourth-order valence-corrected chi connectivity index (χ4v) is 6.60. The second-order valence-electron chi connectivity index (χ2n) is 11.6. The van der Waals surface area contributed by atoms with Crippen LogP contribution in [0, 0.1) is 11.8 Å². The molecule has 2 aromatic carbocycles. The summed E-state index contributed by atoms with van der Waals surface area (Å²) in [6.07, 6.45) is 14.8. The maximum atomic E-state index is 13.6. The van der Waals surface area contributed by atoms with Crippen LogP contribution < -0.4 is 10.9 Å². The molecule has 1 amide bonds. The molecule has 0 unspecified atom stereocenters. The van der Waals surface area contributed by atoms with Gasteiger partial charge in [0.15, 0.2) is 0 Å². The topological polar surface area (TPSA) is 58.8 Å². The number of nitrogens with one attached hydrogen (secondary N) is 1. The predicted octanol–water partition coefficient (Wildman–Crippen LogP) is 5.99. The third-order valence-corrected chi connectivity index (χ3v) is 8.97. The third-order valence-electron chi connectivity index (χ3n) is 8.97. The Morgan fingerprint density at radius 1 is 0.850 bits per heavy atom. The van der Waals surface area contributed by atoms with E-state index in [1.807, 2.05) is 88.3 Å². The number of carbonyl (C=O) groups is 1. The summed E-state index contributed by atoms with van der Waals surface area (Å²) >= 11 is 0. The van der Waals surface area contributed by atoms with Crippen LogP contribution in [0.15, 0.2) is 77.7 Å². The lowest BCUT2D eigenvalue weighted by Gasteiger charge is -2.32. The minimum Gasteiger partial charge on any atom is -0.339 e. The molecule has 6 rings (SSSR count). The minimum absolute atomic E-state index is 0.0508. The van der Waals surface area contributed by atoms with Crippen LogP contribution >= 0.6 is 0 Å².